The van der Waals surface area contributed by atoms with Crippen LogP contribution in [0.1, 0.15) is 11.5 Å². The second-order valence-electron chi connectivity index (χ2n) is 6.84. The van der Waals surface area contributed by atoms with Gasteiger partial charge >= 0.3 is 0 Å². The largest absolute Gasteiger partial charge is 0.464 e. The van der Waals surface area contributed by atoms with Crippen LogP contribution in [-0.2, 0) is 0 Å². The van der Waals surface area contributed by atoms with Crippen molar-refractivity contribution in [3.63, 3.8) is 0 Å². The summed E-state index contributed by atoms with van der Waals surface area (Å²) in [6.45, 7) is 0. The number of aromatic nitrogens is 1. The summed E-state index contributed by atoms with van der Waals surface area (Å²) in [7, 11) is 0. The molecule has 2 aromatic heterocycles. The standard InChI is InChI=1S/C25H16Cl2N2OS2/c26-18-14-20(28-24(18)31-16-8-3-1-4-9-16)23(22-12-7-13-30-22)21-15-19(27)25(29-21)32-17-10-5-2-6-11-17/h1-15,28H/b23-21+. The van der Waals surface area contributed by atoms with Crippen LogP contribution < -0.4 is 0 Å². The highest BCUT2D eigenvalue weighted by Gasteiger charge is 2.23. The molecule has 0 saturated heterocycles. The van der Waals surface area contributed by atoms with Gasteiger partial charge in [-0.2, -0.15) is 0 Å². The van der Waals surface area contributed by atoms with Gasteiger partial charge in [0.25, 0.3) is 0 Å². The number of aliphatic imine (C=N–C) groups is 1. The lowest BCUT2D eigenvalue weighted by molar-refractivity contribution is 0.553. The third-order valence-corrected chi connectivity index (χ3v) is 7.50. The first kappa shape index (κ1) is 21.3. The number of halogens is 2. The molecule has 0 radical (unpaired) electrons. The zero-order chi connectivity index (χ0) is 21.9. The first-order valence-corrected chi connectivity index (χ1v) is 12.2. The Morgan fingerprint density at radius 1 is 0.844 bits per heavy atom. The average Bonchev–Trinajstić information content (AvgIpc) is 3.53. The quantitative estimate of drug-likeness (QED) is 0.302. The summed E-state index contributed by atoms with van der Waals surface area (Å²) in [6, 6.07) is 25.8. The minimum atomic E-state index is 0.592. The molecule has 1 aliphatic heterocycles. The molecule has 2 aromatic carbocycles. The van der Waals surface area contributed by atoms with E-state index >= 15 is 0 Å². The topological polar surface area (TPSA) is 41.3 Å². The number of benzene rings is 2. The van der Waals surface area contributed by atoms with E-state index in [9.17, 15) is 0 Å². The van der Waals surface area contributed by atoms with Crippen molar-refractivity contribution in [2.75, 3.05) is 0 Å². The van der Waals surface area contributed by atoms with Crippen molar-refractivity contribution in [2.24, 2.45) is 4.99 Å². The van der Waals surface area contributed by atoms with Crippen LogP contribution in [0.5, 0.6) is 0 Å². The second kappa shape index (κ2) is 9.51. The number of rotatable bonds is 5. The number of H-pyrrole nitrogens is 1. The van der Waals surface area contributed by atoms with Crippen LogP contribution in [0.3, 0.4) is 0 Å². The van der Waals surface area contributed by atoms with Crippen molar-refractivity contribution in [1.82, 2.24) is 4.98 Å². The molecule has 1 N–H and O–H groups in total. The summed E-state index contributed by atoms with van der Waals surface area (Å²) in [4.78, 5) is 10.4. The van der Waals surface area contributed by atoms with Crippen molar-refractivity contribution in [3.8, 4) is 0 Å². The van der Waals surface area contributed by atoms with Crippen molar-refractivity contribution in [3.05, 3.63) is 118 Å². The van der Waals surface area contributed by atoms with E-state index in [-0.39, 0.29) is 0 Å². The normalized spacial score (nSPS) is 14.9. The van der Waals surface area contributed by atoms with Crippen molar-refractivity contribution < 1.29 is 4.42 Å². The maximum atomic E-state index is 6.58. The highest BCUT2D eigenvalue weighted by molar-refractivity contribution is 8.14. The van der Waals surface area contributed by atoms with Crippen molar-refractivity contribution >= 4 is 57.3 Å². The smallest absolute Gasteiger partial charge is 0.138 e. The molecular weight excluding hydrogens is 479 g/mol. The highest BCUT2D eigenvalue weighted by atomic mass is 35.5. The monoisotopic (exact) mass is 494 g/mol. The SMILES string of the molecule is ClC1=C/C(=C(/c2cc(Cl)c(Sc3ccccc3)[nH]2)c2ccco2)N=C1Sc1ccccc1. The Morgan fingerprint density at radius 3 is 2.19 bits per heavy atom. The van der Waals surface area contributed by atoms with Crippen LogP contribution >= 0.6 is 46.7 Å². The van der Waals surface area contributed by atoms with E-state index in [0.717, 1.165) is 36.8 Å². The predicted octanol–water partition coefficient (Wildman–Crippen LogP) is 8.50. The Kier molecular flexibility index (Phi) is 6.32. The van der Waals surface area contributed by atoms with Gasteiger partial charge < -0.3 is 9.40 Å². The minimum Gasteiger partial charge on any atom is -0.464 e. The van der Waals surface area contributed by atoms with Gasteiger partial charge in [0.15, 0.2) is 0 Å². The highest BCUT2D eigenvalue weighted by Crippen LogP contribution is 2.40. The van der Waals surface area contributed by atoms with Crippen LogP contribution in [0.4, 0.5) is 0 Å². The van der Waals surface area contributed by atoms with E-state index in [1.807, 2.05) is 84.9 Å². The molecule has 0 amide bonds. The predicted molar refractivity (Wildman–Crippen MR) is 135 cm³/mol. The summed E-state index contributed by atoms with van der Waals surface area (Å²) in [5, 5.41) is 2.82. The first-order valence-electron chi connectivity index (χ1n) is 9.76. The molecule has 3 nitrogen and oxygen atoms in total. The molecule has 3 heterocycles. The van der Waals surface area contributed by atoms with Gasteiger partial charge in [-0.05, 0) is 48.5 Å². The van der Waals surface area contributed by atoms with Crippen molar-refractivity contribution in [1.29, 1.82) is 0 Å². The second-order valence-corrected chi connectivity index (χ2v) is 9.80. The fraction of sp³-hybridized carbons (Fsp3) is 0. The number of nitrogens with one attached hydrogen (secondary N) is 1. The van der Waals surface area contributed by atoms with Crippen LogP contribution in [0.15, 0.2) is 126 Å². The Hall–Kier alpha value is -2.57. The number of furan rings is 1. The summed E-state index contributed by atoms with van der Waals surface area (Å²) in [6.07, 6.45) is 3.51. The summed E-state index contributed by atoms with van der Waals surface area (Å²) in [5.74, 6) is 0.685. The van der Waals surface area contributed by atoms with E-state index in [1.54, 1.807) is 18.0 Å². The van der Waals surface area contributed by atoms with Crippen LogP contribution in [-0.4, -0.2) is 10.0 Å². The molecule has 1 aliphatic rings. The Balaban J connectivity index is 1.55. The van der Waals surface area contributed by atoms with Crippen LogP contribution in [0.2, 0.25) is 5.02 Å². The molecule has 0 saturated carbocycles. The van der Waals surface area contributed by atoms with Gasteiger partial charge in [0.05, 0.1) is 38.3 Å². The number of hydrogen-bond acceptors (Lipinski definition) is 4. The third kappa shape index (κ3) is 4.62. The first-order chi connectivity index (χ1) is 15.7. The molecule has 32 heavy (non-hydrogen) atoms. The maximum Gasteiger partial charge on any atom is 0.138 e. The van der Waals surface area contributed by atoms with Gasteiger partial charge in [-0.3, -0.25) is 0 Å². The molecule has 0 bridgehead atoms. The van der Waals surface area contributed by atoms with Gasteiger partial charge in [-0.1, -0.05) is 83.1 Å². The zero-order valence-electron chi connectivity index (χ0n) is 16.6. The minimum absolute atomic E-state index is 0.592. The fourth-order valence-electron chi connectivity index (χ4n) is 3.22. The van der Waals surface area contributed by atoms with E-state index in [0.29, 0.717) is 15.8 Å². The van der Waals surface area contributed by atoms with E-state index in [1.165, 1.54) is 11.8 Å². The van der Waals surface area contributed by atoms with Gasteiger partial charge in [0.2, 0.25) is 0 Å². The number of aromatic amines is 1. The van der Waals surface area contributed by atoms with Gasteiger partial charge in [-0.15, -0.1) is 0 Å². The fourth-order valence-corrected chi connectivity index (χ4v) is 5.42. The zero-order valence-corrected chi connectivity index (χ0v) is 19.7. The lowest BCUT2D eigenvalue weighted by atomic mass is 10.1. The number of thioether (sulfide) groups is 1. The van der Waals surface area contributed by atoms with E-state index in [2.05, 4.69) is 4.98 Å². The molecule has 0 atom stereocenters. The lowest BCUT2D eigenvalue weighted by Gasteiger charge is -2.05. The lowest BCUT2D eigenvalue weighted by Crippen LogP contribution is -1.91. The average molecular weight is 495 g/mol. The summed E-state index contributed by atoms with van der Waals surface area (Å²) < 4.78 is 5.74. The Labute approximate surface area is 204 Å². The molecule has 158 valence electrons. The Bertz CT molecular complexity index is 1330. The van der Waals surface area contributed by atoms with E-state index < -0.39 is 0 Å². The molecule has 4 aromatic rings. The number of nitrogens with zero attached hydrogens (tertiary/aromatic N) is 1. The number of allylic oxidation sites excluding steroid dienone is 1. The summed E-state index contributed by atoms with van der Waals surface area (Å²) in [5.41, 5.74) is 2.34. The van der Waals surface area contributed by atoms with E-state index in [4.69, 9.17) is 32.6 Å². The van der Waals surface area contributed by atoms with Crippen molar-refractivity contribution in [2.45, 2.75) is 14.8 Å². The van der Waals surface area contributed by atoms with Gasteiger partial charge in [0.1, 0.15) is 10.8 Å². The molecule has 0 fully saturated rings. The molecule has 7 heteroatoms. The van der Waals surface area contributed by atoms with Gasteiger partial charge in [-0.25, -0.2) is 4.99 Å². The number of hydrogen-bond donors (Lipinski definition) is 1. The molecule has 0 spiro atoms. The Morgan fingerprint density at radius 2 is 1.53 bits per heavy atom. The van der Waals surface area contributed by atoms with Gasteiger partial charge in [0, 0.05) is 9.79 Å². The molecule has 0 unspecified atom stereocenters. The summed E-state index contributed by atoms with van der Waals surface area (Å²) >= 11 is 16.2. The molecular formula is C25H16Cl2N2OS2. The maximum absolute atomic E-state index is 6.58. The van der Waals surface area contributed by atoms with Crippen LogP contribution in [0.25, 0.3) is 5.57 Å². The third-order valence-electron chi connectivity index (χ3n) is 4.64. The molecule has 5 rings (SSSR count). The molecule has 0 aliphatic carbocycles. The van der Waals surface area contributed by atoms with Crippen LogP contribution in [0, 0.1) is 0 Å².